The Kier molecular flexibility index (Phi) is 7.45. The summed E-state index contributed by atoms with van der Waals surface area (Å²) in [5.74, 6) is 0. The number of rotatable bonds is 9. The van der Waals surface area contributed by atoms with Crippen LogP contribution in [-0.4, -0.2) is 0 Å². The number of unbranched alkanes of at least 4 members (excludes halogenated alkanes) is 5. The van der Waals surface area contributed by atoms with Crippen molar-refractivity contribution in [1.29, 1.82) is 0 Å². The number of aryl methyl sites for hydroxylation is 1. The molecule has 21 heavy (non-hydrogen) atoms. The van der Waals surface area contributed by atoms with Gasteiger partial charge in [0.25, 0.3) is 0 Å². The smallest absolute Gasteiger partial charge is 0.0125 e. The first-order valence-electron chi connectivity index (χ1n) is 8.20. The first kappa shape index (κ1) is 16.2. The van der Waals surface area contributed by atoms with E-state index in [1.807, 2.05) is 11.8 Å². The summed E-state index contributed by atoms with van der Waals surface area (Å²) in [7, 11) is 0. The maximum absolute atomic E-state index is 2.35. The minimum atomic E-state index is 1.22. The Balaban J connectivity index is 1.78. The largest absolute Gasteiger partial charge is 0.0901 e. The lowest BCUT2D eigenvalue weighted by molar-refractivity contribution is 0.607. The maximum atomic E-state index is 2.35. The van der Waals surface area contributed by atoms with E-state index in [0.29, 0.717) is 0 Å². The van der Waals surface area contributed by atoms with Crippen molar-refractivity contribution in [2.75, 3.05) is 0 Å². The second kappa shape index (κ2) is 9.68. The Morgan fingerprint density at radius 1 is 0.714 bits per heavy atom. The Morgan fingerprint density at radius 2 is 1.43 bits per heavy atom. The van der Waals surface area contributed by atoms with Gasteiger partial charge in [0.1, 0.15) is 0 Å². The van der Waals surface area contributed by atoms with E-state index in [4.69, 9.17) is 0 Å². The van der Waals surface area contributed by atoms with Gasteiger partial charge in [-0.25, -0.2) is 0 Å². The van der Waals surface area contributed by atoms with Crippen molar-refractivity contribution < 1.29 is 0 Å². The summed E-state index contributed by atoms with van der Waals surface area (Å²) in [6, 6.07) is 19.6. The molecule has 2 rings (SSSR count). The second-order valence-electron chi connectivity index (χ2n) is 5.58. The van der Waals surface area contributed by atoms with Crippen molar-refractivity contribution in [3.63, 3.8) is 0 Å². The lowest BCUT2D eigenvalue weighted by Gasteiger charge is -2.05. The summed E-state index contributed by atoms with van der Waals surface area (Å²) in [4.78, 5) is 2.67. The fraction of sp³-hybridized carbons (Fsp3) is 0.400. The zero-order valence-electron chi connectivity index (χ0n) is 13.1. The van der Waals surface area contributed by atoms with Gasteiger partial charge in [-0.05, 0) is 42.7 Å². The molecule has 0 heterocycles. The van der Waals surface area contributed by atoms with E-state index in [0.717, 1.165) is 0 Å². The van der Waals surface area contributed by atoms with Crippen LogP contribution in [0.5, 0.6) is 0 Å². The molecule has 0 saturated heterocycles. The van der Waals surface area contributed by atoms with Gasteiger partial charge in [-0.1, -0.05) is 81.1 Å². The monoisotopic (exact) mass is 298 g/mol. The molecule has 0 aromatic heterocycles. The molecule has 1 heteroatoms. The van der Waals surface area contributed by atoms with E-state index in [1.165, 1.54) is 60.3 Å². The normalized spacial score (nSPS) is 10.7. The van der Waals surface area contributed by atoms with Crippen molar-refractivity contribution in [1.82, 2.24) is 0 Å². The van der Waals surface area contributed by atoms with Crippen LogP contribution in [0, 0.1) is 0 Å². The van der Waals surface area contributed by atoms with Crippen LogP contribution in [0.25, 0.3) is 0 Å². The first-order chi connectivity index (χ1) is 10.4. The topological polar surface area (TPSA) is 0 Å². The lowest BCUT2D eigenvalue weighted by Crippen LogP contribution is -1.87. The van der Waals surface area contributed by atoms with E-state index in [1.54, 1.807) is 0 Å². The SMILES string of the molecule is CCCCCCCCc1cccc(Sc2ccccc2)c1. The molecule has 0 spiro atoms. The molecule has 0 radical (unpaired) electrons. The predicted octanol–water partition coefficient (Wildman–Crippen LogP) is 6.74. The third kappa shape index (κ3) is 6.39. The Morgan fingerprint density at radius 3 is 2.24 bits per heavy atom. The molecule has 0 aliphatic carbocycles. The maximum Gasteiger partial charge on any atom is 0.0125 e. The molecule has 0 nitrogen and oxygen atoms in total. The minimum absolute atomic E-state index is 1.22. The fourth-order valence-corrected chi connectivity index (χ4v) is 3.42. The van der Waals surface area contributed by atoms with Crippen LogP contribution in [0.15, 0.2) is 64.4 Å². The molecule has 0 bridgehead atoms. The Bertz CT molecular complexity index is 504. The zero-order valence-corrected chi connectivity index (χ0v) is 13.9. The second-order valence-corrected chi connectivity index (χ2v) is 6.73. The Labute approximate surface area is 134 Å². The molecule has 0 aliphatic rings. The Hall–Kier alpha value is -1.21. The molecule has 0 amide bonds. The van der Waals surface area contributed by atoms with E-state index >= 15 is 0 Å². The van der Waals surface area contributed by atoms with Crippen molar-refractivity contribution in [2.24, 2.45) is 0 Å². The van der Waals surface area contributed by atoms with E-state index in [-0.39, 0.29) is 0 Å². The van der Waals surface area contributed by atoms with Gasteiger partial charge in [0.15, 0.2) is 0 Å². The summed E-state index contributed by atoms with van der Waals surface area (Å²) in [5, 5.41) is 0. The first-order valence-corrected chi connectivity index (χ1v) is 9.02. The van der Waals surface area contributed by atoms with E-state index in [9.17, 15) is 0 Å². The van der Waals surface area contributed by atoms with Gasteiger partial charge in [-0.3, -0.25) is 0 Å². The average Bonchev–Trinajstić information content (AvgIpc) is 2.52. The highest BCUT2D eigenvalue weighted by Crippen LogP contribution is 2.28. The van der Waals surface area contributed by atoms with Crippen molar-refractivity contribution in [3.8, 4) is 0 Å². The van der Waals surface area contributed by atoms with Crippen LogP contribution in [-0.2, 0) is 6.42 Å². The van der Waals surface area contributed by atoms with Gasteiger partial charge in [-0.15, -0.1) is 0 Å². The average molecular weight is 298 g/mol. The van der Waals surface area contributed by atoms with Crippen LogP contribution in [0.2, 0.25) is 0 Å². The quantitative estimate of drug-likeness (QED) is 0.462. The molecule has 0 aliphatic heterocycles. The molecule has 2 aromatic rings. The van der Waals surface area contributed by atoms with Crippen LogP contribution in [0.4, 0.5) is 0 Å². The van der Waals surface area contributed by atoms with Crippen LogP contribution >= 0.6 is 11.8 Å². The van der Waals surface area contributed by atoms with E-state index < -0.39 is 0 Å². The van der Waals surface area contributed by atoms with Crippen LogP contribution < -0.4 is 0 Å². The molecule has 0 saturated carbocycles. The van der Waals surface area contributed by atoms with Crippen molar-refractivity contribution >= 4 is 11.8 Å². The summed E-state index contributed by atoms with van der Waals surface area (Å²) < 4.78 is 0. The van der Waals surface area contributed by atoms with Gasteiger partial charge in [0.2, 0.25) is 0 Å². The fourth-order valence-electron chi connectivity index (χ4n) is 2.50. The molecule has 2 aromatic carbocycles. The molecule has 0 atom stereocenters. The van der Waals surface area contributed by atoms with Crippen molar-refractivity contribution in [3.05, 3.63) is 60.2 Å². The van der Waals surface area contributed by atoms with Crippen LogP contribution in [0.1, 0.15) is 51.0 Å². The number of hydrogen-bond donors (Lipinski definition) is 0. The summed E-state index contributed by atoms with van der Waals surface area (Å²) in [5.41, 5.74) is 1.48. The van der Waals surface area contributed by atoms with Crippen molar-refractivity contribution in [2.45, 2.75) is 61.7 Å². The third-order valence-corrected chi connectivity index (χ3v) is 4.69. The van der Waals surface area contributed by atoms with Gasteiger partial charge in [-0.2, -0.15) is 0 Å². The minimum Gasteiger partial charge on any atom is -0.0901 e. The highest BCUT2D eigenvalue weighted by atomic mass is 32.2. The molecular formula is C20H26S. The predicted molar refractivity (Wildman–Crippen MR) is 94.1 cm³/mol. The van der Waals surface area contributed by atoms with E-state index in [2.05, 4.69) is 61.5 Å². The molecule has 0 unspecified atom stereocenters. The van der Waals surface area contributed by atoms with Gasteiger partial charge in [0, 0.05) is 9.79 Å². The van der Waals surface area contributed by atoms with Gasteiger partial charge >= 0.3 is 0 Å². The summed E-state index contributed by atoms with van der Waals surface area (Å²) >= 11 is 1.85. The highest BCUT2D eigenvalue weighted by Gasteiger charge is 1.99. The number of benzene rings is 2. The van der Waals surface area contributed by atoms with Gasteiger partial charge < -0.3 is 0 Å². The summed E-state index contributed by atoms with van der Waals surface area (Å²) in [6.45, 7) is 2.27. The number of hydrogen-bond acceptors (Lipinski definition) is 1. The molecule has 112 valence electrons. The standard InChI is InChI=1S/C20H26S/c1-2-3-4-5-6-8-12-18-13-11-16-20(17-18)21-19-14-9-7-10-15-19/h7,9-11,13-17H,2-6,8,12H2,1H3. The zero-order chi connectivity index (χ0) is 14.8. The summed E-state index contributed by atoms with van der Waals surface area (Å²) in [6.07, 6.45) is 9.43. The molecule has 0 fully saturated rings. The molecular weight excluding hydrogens is 272 g/mol. The third-order valence-electron chi connectivity index (χ3n) is 3.70. The molecule has 0 N–H and O–H groups in total. The van der Waals surface area contributed by atoms with Gasteiger partial charge in [0.05, 0.1) is 0 Å². The highest BCUT2D eigenvalue weighted by molar-refractivity contribution is 7.99. The lowest BCUT2D eigenvalue weighted by atomic mass is 10.1. The van der Waals surface area contributed by atoms with Crippen LogP contribution in [0.3, 0.4) is 0 Å².